The summed E-state index contributed by atoms with van der Waals surface area (Å²) in [7, 11) is 5.27. The molecule has 1 saturated carbocycles. The fraction of sp³-hybridized carbons (Fsp3) is 0.812. The Morgan fingerprint density at radius 1 is 1.18 bits per heavy atom. The molecule has 22 heavy (non-hydrogen) atoms. The standard InChI is InChI=1S/C16H28N4O2/c1-5-6-10-16(11-8-7-9-12-16)20-14(21)17-13(18(2)3)19(4)15(20)22/h5-12H2,1-4H3. The van der Waals surface area contributed by atoms with Gasteiger partial charge in [-0.15, -0.1) is 0 Å². The van der Waals surface area contributed by atoms with Crippen molar-refractivity contribution < 1.29 is 0 Å². The Hall–Kier alpha value is -1.59. The highest BCUT2D eigenvalue weighted by Gasteiger charge is 2.36. The first-order valence-electron chi connectivity index (χ1n) is 8.31. The van der Waals surface area contributed by atoms with Crippen LogP contribution in [0.25, 0.3) is 0 Å². The summed E-state index contributed by atoms with van der Waals surface area (Å²) < 4.78 is 2.94. The van der Waals surface area contributed by atoms with Gasteiger partial charge < -0.3 is 4.90 Å². The van der Waals surface area contributed by atoms with Gasteiger partial charge in [0.1, 0.15) is 0 Å². The second-order valence-electron chi connectivity index (χ2n) is 6.65. The van der Waals surface area contributed by atoms with Gasteiger partial charge in [0.15, 0.2) is 0 Å². The lowest BCUT2D eigenvalue weighted by molar-refractivity contribution is 0.156. The molecule has 2 rings (SSSR count). The summed E-state index contributed by atoms with van der Waals surface area (Å²) in [6, 6.07) is 0. The first-order chi connectivity index (χ1) is 10.4. The largest absolute Gasteiger partial charge is 0.355 e. The van der Waals surface area contributed by atoms with Crippen LogP contribution in [0, 0.1) is 0 Å². The van der Waals surface area contributed by atoms with Crippen molar-refractivity contribution in [3.8, 4) is 0 Å². The zero-order valence-electron chi connectivity index (χ0n) is 14.3. The highest BCUT2D eigenvalue weighted by molar-refractivity contribution is 5.25. The maximum absolute atomic E-state index is 12.8. The predicted molar refractivity (Wildman–Crippen MR) is 88.6 cm³/mol. The van der Waals surface area contributed by atoms with E-state index in [0.717, 1.165) is 44.9 Å². The van der Waals surface area contributed by atoms with Gasteiger partial charge in [0.25, 0.3) is 0 Å². The zero-order chi connectivity index (χ0) is 16.3. The third-order valence-corrected chi connectivity index (χ3v) is 4.82. The van der Waals surface area contributed by atoms with E-state index < -0.39 is 5.69 Å². The smallest absolute Gasteiger partial charge is 0.348 e. The highest BCUT2D eigenvalue weighted by Crippen LogP contribution is 2.37. The molecule has 0 unspecified atom stereocenters. The molecule has 1 aromatic heterocycles. The molecule has 0 spiro atoms. The molecule has 1 aromatic rings. The van der Waals surface area contributed by atoms with Crippen molar-refractivity contribution in [3.05, 3.63) is 21.0 Å². The van der Waals surface area contributed by atoms with Crippen molar-refractivity contribution in [3.63, 3.8) is 0 Å². The summed E-state index contributed by atoms with van der Waals surface area (Å²) in [6.07, 6.45) is 8.15. The summed E-state index contributed by atoms with van der Waals surface area (Å²) in [6.45, 7) is 2.14. The van der Waals surface area contributed by atoms with Gasteiger partial charge in [0, 0.05) is 21.1 Å². The Morgan fingerprint density at radius 3 is 2.36 bits per heavy atom. The van der Waals surface area contributed by atoms with Gasteiger partial charge in [0.2, 0.25) is 5.95 Å². The number of hydrogen-bond donors (Lipinski definition) is 0. The number of rotatable bonds is 5. The van der Waals surface area contributed by atoms with Crippen LogP contribution in [-0.2, 0) is 12.6 Å². The lowest BCUT2D eigenvalue weighted by atomic mass is 9.78. The van der Waals surface area contributed by atoms with Gasteiger partial charge in [-0.1, -0.05) is 39.0 Å². The molecule has 6 heteroatoms. The van der Waals surface area contributed by atoms with Gasteiger partial charge in [0.05, 0.1) is 5.54 Å². The minimum absolute atomic E-state index is 0.235. The maximum atomic E-state index is 12.8. The third kappa shape index (κ3) is 2.96. The molecule has 0 aromatic carbocycles. The molecule has 0 aliphatic heterocycles. The van der Waals surface area contributed by atoms with Crippen LogP contribution in [0.15, 0.2) is 9.59 Å². The molecule has 1 aliphatic carbocycles. The van der Waals surface area contributed by atoms with E-state index >= 15 is 0 Å². The molecule has 0 bridgehead atoms. The van der Waals surface area contributed by atoms with E-state index in [1.165, 1.54) is 15.6 Å². The molecule has 124 valence electrons. The van der Waals surface area contributed by atoms with Crippen LogP contribution < -0.4 is 16.3 Å². The Morgan fingerprint density at radius 2 is 1.82 bits per heavy atom. The average molecular weight is 308 g/mol. The van der Waals surface area contributed by atoms with E-state index in [0.29, 0.717) is 5.95 Å². The number of aromatic nitrogens is 3. The van der Waals surface area contributed by atoms with Crippen LogP contribution in [0.4, 0.5) is 5.95 Å². The summed E-state index contributed by atoms with van der Waals surface area (Å²) in [5, 5.41) is 0. The van der Waals surface area contributed by atoms with Crippen LogP contribution in [0.2, 0.25) is 0 Å². The molecule has 0 atom stereocenters. The van der Waals surface area contributed by atoms with Crippen molar-refractivity contribution in [2.45, 2.75) is 63.8 Å². The Kier molecular flexibility index (Phi) is 5.08. The van der Waals surface area contributed by atoms with Gasteiger partial charge in [-0.2, -0.15) is 4.98 Å². The molecule has 0 amide bonds. The normalized spacial score (nSPS) is 17.5. The zero-order valence-corrected chi connectivity index (χ0v) is 14.3. The third-order valence-electron chi connectivity index (χ3n) is 4.82. The molecule has 0 radical (unpaired) electrons. The Balaban J connectivity index is 2.59. The van der Waals surface area contributed by atoms with Crippen LogP contribution in [0.5, 0.6) is 0 Å². The number of nitrogens with zero attached hydrogens (tertiary/aromatic N) is 4. The molecule has 1 aliphatic rings. The van der Waals surface area contributed by atoms with E-state index in [1.807, 2.05) is 0 Å². The Bertz CT molecular complexity index is 624. The minimum atomic E-state index is -0.398. The molecule has 1 heterocycles. The maximum Gasteiger partial charge on any atom is 0.355 e. The first kappa shape index (κ1) is 16.8. The van der Waals surface area contributed by atoms with Crippen molar-refractivity contribution in [1.82, 2.24) is 14.1 Å². The summed E-state index contributed by atoms with van der Waals surface area (Å²) in [5.41, 5.74) is -0.968. The fourth-order valence-electron chi connectivity index (χ4n) is 3.63. The lowest BCUT2D eigenvalue weighted by Gasteiger charge is -2.38. The van der Waals surface area contributed by atoms with E-state index in [9.17, 15) is 9.59 Å². The monoisotopic (exact) mass is 308 g/mol. The second kappa shape index (κ2) is 6.67. The number of hydrogen-bond acceptors (Lipinski definition) is 4. The van der Waals surface area contributed by atoms with E-state index in [4.69, 9.17) is 0 Å². The van der Waals surface area contributed by atoms with E-state index in [-0.39, 0.29) is 11.2 Å². The van der Waals surface area contributed by atoms with Crippen LogP contribution in [-0.4, -0.2) is 28.2 Å². The van der Waals surface area contributed by atoms with Crippen LogP contribution in [0.3, 0.4) is 0 Å². The van der Waals surface area contributed by atoms with Crippen molar-refractivity contribution >= 4 is 5.95 Å². The van der Waals surface area contributed by atoms with Crippen LogP contribution in [0.1, 0.15) is 58.3 Å². The lowest BCUT2D eigenvalue weighted by Crippen LogP contribution is -2.53. The van der Waals surface area contributed by atoms with Gasteiger partial charge >= 0.3 is 11.4 Å². The second-order valence-corrected chi connectivity index (χ2v) is 6.65. The van der Waals surface area contributed by atoms with Crippen molar-refractivity contribution in [2.24, 2.45) is 7.05 Å². The molecule has 0 saturated heterocycles. The summed E-state index contributed by atoms with van der Waals surface area (Å²) in [5.74, 6) is 0.410. The summed E-state index contributed by atoms with van der Waals surface area (Å²) in [4.78, 5) is 31.3. The van der Waals surface area contributed by atoms with Crippen molar-refractivity contribution in [2.75, 3.05) is 19.0 Å². The molecule has 1 fully saturated rings. The van der Waals surface area contributed by atoms with E-state index in [1.54, 1.807) is 26.0 Å². The first-order valence-corrected chi connectivity index (χ1v) is 8.31. The van der Waals surface area contributed by atoms with Crippen LogP contribution >= 0.6 is 0 Å². The van der Waals surface area contributed by atoms with Crippen molar-refractivity contribution in [1.29, 1.82) is 0 Å². The SMILES string of the molecule is CCCCC1(n2c(=O)nc(N(C)C)n(C)c2=O)CCCCC1. The number of anilines is 1. The van der Waals surface area contributed by atoms with Gasteiger partial charge in [-0.05, 0) is 19.3 Å². The summed E-state index contributed by atoms with van der Waals surface area (Å²) >= 11 is 0. The predicted octanol–water partition coefficient (Wildman–Crippen LogP) is 1.86. The molecule has 6 nitrogen and oxygen atoms in total. The van der Waals surface area contributed by atoms with Gasteiger partial charge in [-0.25, -0.2) is 14.2 Å². The topological polar surface area (TPSA) is 60.1 Å². The highest BCUT2D eigenvalue weighted by atomic mass is 16.2. The Labute approximate surface area is 131 Å². The quantitative estimate of drug-likeness (QED) is 0.833. The van der Waals surface area contributed by atoms with E-state index in [2.05, 4.69) is 11.9 Å². The molecular formula is C16H28N4O2. The fourth-order valence-corrected chi connectivity index (χ4v) is 3.63. The average Bonchev–Trinajstić information content (AvgIpc) is 2.49. The molecular weight excluding hydrogens is 280 g/mol. The van der Waals surface area contributed by atoms with Gasteiger partial charge in [-0.3, -0.25) is 4.57 Å². The number of unbranched alkanes of at least 4 members (excludes halogenated alkanes) is 1. The minimum Gasteiger partial charge on any atom is -0.348 e. The molecule has 0 N–H and O–H groups in total.